The highest BCUT2D eigenvalue weighted by Crippen LogP contribution is 2.11. The Hall–Kier alpha value is -0.930. The van der Waals surface area contributed by atoms with Crippen LogP contribution in [0.15, 0.2) is 23.2 Å². The van der Waals surface area contributed by atoms with Gasteiger partial charge in [0.2, 0.25) is 0 Å². The van der Waals surface area contributed by atoms with Crippen molar-refractivity contribution >= 4 is 29.9 Å². The molecular weight excluding hydrogens is 434 g/mol. The average Bonchev–Trinajstić information content (AvgIpc) is 2.57. The van der Waals surface area contributed by atoms with Gasteiger partial charge >= 0.3 is 0 Å². The van der Waals surface area contributed by atoms with Gasteiger partial charge in [-0.05, 0) is 23.6 Å². The molecule has 25 heavy (non-hydrogen) atoms. The summed E-state index contributed by atoms with van der Waals surface area (Å²) in [6, 6.07) is 4.82. The third-order valence-corrected chi connectivity index (χ3v) is 4.24. The summed E-state index contributed by atoms with van der Waals surface area (Å²) in [5.74, 6) is 1.19. The first kappa shape index (κ1) is 22.1. The first-order chi connectivity index (χ1) is 11.5. The highest BCUT2D eigenvalue weighted by atomic mass is 127. The molecule has 0 unspecified atom stereocenters. The molecule has 0 spiro atoms. The van der Waals surface area contributed by atoms with Gasteiger partial charge < -0.3 is 15.3 Å². The smallest absolute Gasteiger partial charge is 0.194 e. The van der Waals surface area contributed by atoms with E-state index >= 15 is 0 Å². The third-order valence-electron chi connectivity index (χ3n) is 4.24. The summed E-state index contributed by atoms with van der Waals surface area (Å²) in [5, 5.41) is 12.5. The van der Waals surface area contributed by atoms with Crippen LogP contribution in [0.2, 0.25) is 0 Å². The number of halogens is 2. The lowest BCUT2D eigenvalue weighted by Crippen LogP contribution is -2.52. The van der Waals surface area contributed by atoms with Crippen LogP contribution in [0.1, 0.15) is 25.0 Å². The fraction of sp³-hybridized carbons (Fsp3) is 0.611. The van der Waals surface area contributed by atoms with E-state index in [4.69, 9.17) is 5.11 Å². The van der Waals surface area contributed by atoms with Crippen LogP contribution < -0.4 is 5.32 Å². The number of aliphatic hydroxyl groups is 1. The molecule has 5 nitrogen and oxygen atoms in total. The van der Waals surface area contributed by atoms with E-state index in [0.717, 1.165) is 44.2 Å². The molecule has 0 saturated carbocycles. The number of benzene rings is 1. The van der Waals surface area contributed by atoms with E-state index in [1.807, 2.05) is 0 Å². The Morgan fingerprint density at radius 3 is 2.52 bits per heavy atom. The van der Waals surface area contributed by atoms with E-state index in [9.17, 15) is 4.39 Å². The van der Waals surface area contributed by atoms with Crippen LogP contribution in [0.3, 0.4) is 0 Å². The Kier molecular flexibility index (Phi) is 9.66. The van der Waals surface area contributed by atoms with Crippen LogP contribution in [0.4, 0.5) is 4.39 Å². The monoisotopic (exact) mass is 464 g/mol. The molecule has 7 heteroatoms. The predicted octanol–water partition coefficient (Wildman–Crippen LogP) is 2.29. The Balaban J connectivity index is 0.00000312. The van der Waals surface area contributed by atoms with Gasteiger partial charge in [0.05, 0.1) is 6.61 Å². The maximum absolute atomic E-state index is 13.4. The normalized spacial score (nSPS) is 16.1. The quantitative estimate of drug-likeness (QED) is 0.399. The second-order valence-electron chi connectivity index (χ2n) is 6.67. The lowest BCUT2D eigenvalue weighted by molar-refractivity contribution is 0.164. The SMILES string of the molecule is CN=C(NCc1ccc(F)c(CO)c1)N1CCN(CC(C)C)CC1.I. The number of rotatable bonds is 5. The van der Waals surface area contributed by atoms with Gasteiger partial charge in [0.25, 0.3) is 0 Å². The molecule has 1 aromatic rings. The highest BCUT2D eigenvalue weighted by Gasteiger charge is 2.19. The Morgan fingerprint density at radius 2 is 1.96 bits per heavy atom. The first-order valence-electron chi connectivity index (χ1n) is 8.59. The third kappa shape index (κ3) is 6.71. The van der Waals surface area contributed by atoms with E-state index in [-0.39, 0.29) is 36.4 Å². The van der Waals surface area contributed by atoms with Crippen molar-refractivity contribution in [3.05, 3.63) is 35.1 Å². The topological polar surface area (TPSA) is 51.1 Å². The van der Waals surface area contributed by atoms with Crippen LogP contribution in [0, 0.1) is 11.7 Å². The number of piperazine rings is 1. The van der Waals surface area contributed by atoms with Crippen molar-refractivity contribution < 1.29 is 9.50 Å². The zero-order valence-electron chi connectivity index (χ0n) is 15.3. The Bertz CT molecular complexity index is 560. The second kappa shape index (κ2) is 10.9. The molecule has 2 N–H and O–H groups in total. The molecule has 0 radical (unpaired) electrons. The van der Waals surface area contributed by atoms with Gasteiger partial charge in [0.15, 0.2) is 5.96 Å². The molecule has 0 aliphatic carbocycles. The fourth-order valence-corrected chi connectivity index (χ4v) is 3.03. The molecule has 0 atom stereocenters. The van der Waals surface area contributed by atoms with Crippen LogP contribution >= 0.6 is 24.0 Å². The van der Waals surface area contributed by atoms with Crippen LogP contribution in [-0.4, -0.2) is 60.6 Å². The number of nitrogens with zero attached hydrogens (tertiary/aromatic N) is 3. The molecule has 0 amide bonds. The van der Waals surface area contributed by atoms with Crippen molar-refractivity contribution in [3.63, 3.8) is 0 Å². The van der Waals surface area contributed by atoms with Crippen molar-refractivity contribution in [3.8, 4) is 0 Å². The number of hydrogen-bond acceptors (Lipinski definition) is 3. The van der Waals surface area contributed by atoms with Crippen molar-refractivity contribution in [2.24, 2.45) is 10.9 Å². The minimum atomic E-state index is -0.369. The lowest BCUT2D eigenvalue weighted by Gasteiger charge is -2.37. The Labute approximate surface area is 167 Å². The summed E-state index contributed by atoms with van der Waals surface area (Å²) >= 11 is 0. The number of aliphatic hydroxyl groups excluding tert-OH is 1. The van der Waals surface area contributed by atoms with E-state index in [1.165, 1.54) is 6.07 Å². The Morgan fingerprint density at radius 1 is 1.28 bits per heavy atom. The molecule has 1 heterocycles. The molecule has 1 fully saturated rings. The van der Waals surface area contributed by atoms with E-state index < -0.39 is 0 Å². The van der Waals surface area contributed by atoms with Crippen molar-refractivity contribution in [2.75, 3.05) is 39.8 Å². The van der Waals surface area contributed by atoms with Crippen molar-refractivity contribution in [1.29, 1.82) is 0 Å². The van der Waals surface area contributed by atoms with Crippen LogP contribution in [0.25, 0.3) is 0 Å². The fourth-order valence-electron chi connectivity index (χ4n) is 3.03. The van der Waals surface area contributed by atoms with Crippen molar-refractivity contribution in [1.82, 2.24) is 15.1 Å². The van der Waals surface area contributed by atoms with Gasteiger partial charge in [0.1, 0.15) is 5.82 Å². The van der Waals surface area contributed by atoms with Gasteiger partial charge in [-0.2, -0.15) is 0 Å². The summed E-state index contributed by atoms with van der Waals surface area (Å²) in [6.45, 7) is 9.91. The van der Waals surface area contributed by atoms with E-state index in [2.05, 4.69) is 34.0 Å². The number of guanidine groups is 1. The number of aliphatic imine (C=N–C) groups is 1. The second-order valence-corrected chi connectivity index (χ2v) is 6.67. The maximum Gasteiger partial charge on any atom is 0.194 e. The van der Waals surface area contributed by atoms with E-state index in [1.54, 1.807) is 19.2 Å². The van der Waals surface area contributed by atoms with Gasteiger partial charge in [-0.3, -0.25) is 9.89 Å². The minimum Gasteiger partial charge on any atom is -0.392 e. The van der Waals surface area contributed by atoms with Crippen LogP contribution in [-0.2, 0) is 13.2 Å². The van der Waals surface area contributed by atoms with Gasteiger partial charge in [-0.25, -0.2) is 4.39 Å². The largest absolute Gasteiger partial charge is 0.392 e. The molecule has 2 rings (SSSR count). The van der Waals surface area contributed by atoms with Crippen molar-refractivity contribution in [2.45, 2.75) is 27.0 Å². The molecule has 0 aromatic heterocycles. The molecule has 142 valence electrons. The predicted molar refractivity (Wildman–Crippen MR) is 111 cm³/mol. The number of nitrogens with one attached hydrogen (secondary N) is 1. The maximum atomic E-state index is 13.4. The number of hydrogen-bond donors (Lipinski definition) is 2. The standard InChI is InChI=1S/C18H29FN4O.HI/c1-14(2)12-22-6-8-23(9-7-22)18(20-3)21-11-15-4-5-17(19)16(10-15)13-24;/h4-5,10,14,24H,6-9,11-13H2,1-3H3,(H,20,21);1H. The zero-order chi connectivity index (χ0) is 17.5. The molecule has 0 bridgehead atoms. The lowest BCUT2D eigenvalue weighted by atomic mass is 10.1. The minimum absolute atomic E-state index is 0. The summed E-state index contributed by atoms with van der Waals surface area (Å²) in [7, 11) is 1.78. The molecule has 1 aliphatic rings. The molecule has 1 aromatic carbocycles. The summed E-state index contributed by atoms with van der Waals surface area (Å²) in [6.07, 6.45) is 0. The average molecular weight is 464 g/mol. The molecular formula is C18H30FIN4O. The first-order valence-corrected chi connectivity index (χ1v) is 8.59. The van der Waals surface area contributed by atoms with Crippen LogP contribution in [0.5, 0.6) is 0 Å². The van der Waals surface area contributed by atoms with Gasteiger partial charge in [-0.1, -0.05) is 19.9 Å². The summed E-state index contributed by atoms with van der Waals surface area (Å²) < 4.78 is 13.4. The molecule has 1 aliphatic heterocycles. The van der Waals surface area contributed by atoms with E-state index in [0.29, 0.717) is 18.0 Å². The highest BCUT2D eigenvalue weighted by molar-refractivity contribution is 14.0. The summed E-state index contributed by atoms with van der Waals surface area (Å²) in [5.41, 5.74) is 1.26. The summed E-state index contributed by atoms with van der Waals surface area (Å²) in [4.78, 5) is 9.11. The van der Waals surface area contributed by atoms with Gasteiger partial charge in [-0.15, -0.1) is 24.0 Å². The zero-order valence-corrected chi connectivity index (χ0v) is 17.7. The van der Waals surface area contributed by atoms with Gasteiger partial charge in [0, 0.05) is 51.9 Å². The molecule has 1 saturated heterocycles.